The van der Waals surface area contributed by atoms with Crippen LogP contribution in [-0.4, -0.2) is 27.4 Å². The highest BCUT2D eigenvalue weighted by Gasteiger charge is 2.29. The van der Waals surface area contributed by atoms with Gasteiger partial charge in [-0.25, -0.2) is 4.79 Å². The number of halogens is 1. The minimum atomic E-state index is -0.370. The van der Waals surface area contributed by atoms with Gasteiger partial charge in [-0.15, -0.1) is 0 Å². The van der Waals surface area contributed by atoms with E-state index in [1.54, 1.807) is 0 Å². The highest BCUT2D eigenvalue weighted by atomic mass is 79.9. The van der Waals surface area contributed by atoms with Gasteiger partial charge in [0.2, 0.25) is 0 Å². The van der Waals surface area contributed by atoms with Gasteiger partial charge in [0.1, 0.15) is 0 Å². The maximum Gasteiger partial charge on any atom is 0.339 e. The second-order valence-electron chi connectivity index (χ2n) is 7.61. The van der Waals surface area contributed by atoms with Crippen LogP contribution in [0.4, 0.5) is 0 Å². The van der Waals surface area contributed by atoms with Crippen molar-refractivity contribution in [2.24, 2.45) is 7.05 Å². The number of nitrogens with zero attached hydrogens (tertiary/aromatic N) is 4. The third-order valence-electron chi connectivity index (χ3n) is 5.24. The Morgan fingerprint density at radius 3 is 2.43 bits per heavy atom. The van der Waals surface area contributed by atoms with Crippen molar-refractivity contribution >= 4 is 21.9 Å². The summed E-state index contributed by atoms with van der Waals surface area (Å²) in [5.74, 6) is -0.500. The van der Waals surface area contributed by atoms with Crippen molar-refractivity contribution in [3.8, 4) is 6.07 Å². The molecule has 3 rings (SSSR count). The van der Waals surface area contributed by atoms with Crippen LogP contribution >= 0.6 is 15.9 Å². The van der Waals surface area contributed by atoms with Crippen LogP contribution < -0.4 is 0 Å². The lowest BCUT2D eigenvalue weighted by Crippen LogP contribution is -2.18. The zero-order valence-corrected chi connectivity index (χ0v) is 19.4. The van der Waals surface area contributed by atoms with Gasteiger partial charge in [-0.3, -0.25) is 4.68 Å². The van der Waals surface area contributed by atoms with Gasteiger partial charge in [-0.05, 0) is 66.5 Å². The molecule has 3 aromatic rings. The van der Waals surface area contributed by atoms with E-state index in [1.807, 2.05) is 49.0 Å². The van der Waals surface area contributed by atoms with Crippen molar-refractivity contribution in [1.29, 1.82) is 5.26 Å². The zero-order valence-electron chi connectivity index (χ0n) is 17.8. The summed E-state index contributed by atoms with van der Waals surface area (Å²) in [6.07, 6.45) is 0.649. The molecule has 1 aromatic carbocycles. The highest BCUT2D eigenvalue weighted by Crippen LogP contribution is 2.37. The Morgan fingerprint density at radius 2 is 1.93 bits per heavy atom. The van der Waals surface area contributed by atoms with Gasteiger partial charge in [-0.1, -0.05) is 12.1 Å². The number of hydrogen-bond acceptors (Lipinski definition) is 4. The van der Waals surface area contributed by atoms with Gasteiger partial charge >= 0.3 is 5.97 Å². The van der Waals surface area contributed by atoms with E-state index in [9.17, 15) is 10.1 Å². The molecule has 2 heterocycles. The molecule has 0 spiro atoms. The molecule has 0 saturated carbocycles. The monoisotopic (exact) mass is 468 g/mol. The first kappa shape index (κ1) is 21.8. The number of benzene rings is 1. The number of rotatable bonds is 6. The van der Waals surface area contributed by atoms with Crippen molar-refractivity contribution in [2.75, 3.05) is 7.11 Å². The normalized spacial score (nSPS) is 12.1. The average molecular weight is 469 g/mol. The van der Waals surface area contributed by atoms with Crippen LogP contribution in [0.5, 0.6) is 0 Å². The quantitative estimate of drug-likeness (QED) is 0.481. The van der Waals surface area contributed by atoms with E-state index in [2.05, 4.69) is 51.6 Å². The lowest BCUT2D eigenvalue weighted by atomic mass is 9.88. The Morgan fingerprint density at radius 1 is 1.27 bits per heavy atom. The zero-order chi connectivity index (χ0) is 22.0. The molecule has 0 saturated heterocycles. The number of nitriles is 1. The molecule has 0 N–H and O–H groups in total. The summed E-state index contributed by atoms with van der Waals surface area (Å²) in [5, 5.41) is 13.7. The van der Waals surface area contributed by atoms with Crippen LogP contribution in [0.1, 0.15) is 64.4 Å². The van der Waals surface area contributed by atoms with Crippen LogP contribution in [0.15, 0.2) is 41.0 Å². The van der Waals surface area contributed by atoms with Crippen molar-refractivity contribution in [2.45, 2.75) is 39.2 Å². The van der Waals surface area contributed by atoms with Gasteiger partial charge in [-0.2, -0.15) is 10.4 Å². The number of methoxy groups -OCH3 is 1. The lowest BCUT2D eigenvalue weighted by Gasteiger charge is -2.24. The summed E-state index contributed by atoms with van der Waals surface area (Å²) in [5.41, 5.74) is 5.04. The fraction of sp³-hybridized carbons (Fsp3) is 0.348. The summed E-state index contributed by atoms with van der Waals surface area (Å²) >= 11 is 3.63. The fourth-order valence-electron chi connectivity index (χ4n) is 3.89. The second-order valence-corrected chi connectivity index (χ2v) is 8.42. The van der Waals surface area contributed by atoms with Gasteiger partial charge in [0.05, 0.1) is 34.6 Å². The van der Waals surface area contributed by atoms with Crippen molar-refractivity contribution in [1.82, 2.24) is 14.3 Å². The maximum atomic E-state index is 12.7. The van der Waals surface area contributed by atoms with Crippen molar-refractivity contribution in [3.63, 3.8) is 0 Å². The summed E-state index contributed by atoms with van der Waals surface area (Å²) in [6, 6.07) is 13.7. The summed E-state index contributed by atoms with van der Waals surface area (Å²) in [4.78, 5) is 12.7. The predicted molar refractivity (Wildman–Crippen MR) is 119 cm³/mol. The standard InChI is InChI=1S/C23H25BrN4O2/c1-14(2)28-21(24)12-20(23(29)30-5)22(28)19(11-18-10-15(3)26-27(18)4)17-8-6-16(13-25)7-9-17/h6-10,12,14,19H,11H2,1-5H3. The van der Waals surface area contributed by atoms with Gasteiger partial charge in [0.25, 0.3) is 0 Å². The molecule has 1 unspecified atom stereocenters. The highest BCUT2D eigenvalue weighted by molar-refractivity contribution is 9.10. The molecular weight excluding hydrogens is 444 g/mol. The Bertz CT molecular complexity index is 1100. The predicted octanol–water partition coefficient (Wildman–Crippen LogP) is 4.91. The topological polar surface area (TPSA) is 72.8 Å². The van der Waals surface area contributed by atoms with Crippen LogP contribution in [0.2, 0.25) is 0 Å². The van der Waals surface area contributed by atoms with E-state index in [1.165, 1.54) is 7.11 Å². The Hall–Kier alpha value is -2.85. The van der Waals surface area contributed by atoms with E-state index in [0.29, 0.717) is 17.5 Å². The molecule has 1 atom stereocenters. The van der Waals surface area contributed by atoms with E-state index < -0.39 is 0 Å². The van der Waals surface area contributed by atoms with Crippen LogP contribution in [-0.2, 0) is 18.2 Å². The third kappa shape index (κ3) is 4.19. The second kappa shape index (κ2) is 8.88. The number of aromatic nitrogens is 3. The first-order chi connectivity index (χ1) is 14.3. The summed E-state index contributed by atoms with van der Waals surface area (Å²) in [6.45, 7) is 6.13. The van der Waals surface area contributed by atoms with Crippen LogP contribution in [0, 0.1) is 18.3 Å². The summed E-state index contributed by atoms with van der Waals surface area (Å²) < 4.78 is 9.92. The van der Waals surface area contributed by atoms with Crippen LogP contribution in [0.25, 0.3) is 0 Å². The number of carbonyl (C=O) groups is 1. The van der Waals surface area contributed by atoms with Crippen molar-refractivity contribution < 1.29 is 9.53 Å². The summed E-state index contributed by atoms with van der Waals surface area (Å²) in [7, 11) is 3.32. The molecule has 6 nitrogen and oxygen atoms in total. The van der Waals surface area contributed by atoms with Gasteiger partial charge in [0.15, 0.2) is 0 Å². The maximum absolute atomic E-state index is 12.7. The Kier molecular flexibility index (Phi) is 6.47. The minimum absolute atomic E-state index is 0.127. The molecule has 0 fully saturated rings. The van der Waals surface area contributed by atoms with Crippen LogP contribution in [0.3, 0.4) is 0 Å². The van der Waals surface area contributed by atoms with E-state index in [-0.39, 0.29) is 17.9 Å². The number of ether oxygens (including phenoxy) is 1. The first-order valence-corrected chi connectivity index (χ1v) is 10.5. The smallest absolute Gasteiger partial charge is 0.339 e. The van der Waals surface area contributed by atoms with Crippen molar-refractivity contribution in [3.05, 3.63) is 74.8 Å². The molecule has 7 heteroatoms. The van der Waals surface area contributed by atoms with Gasteiger partial charge in [0, 0.05) is 36.8 Å². The SMILES string of the molecule is COC(=O)c1cc(Br)n(C(C)C)c1C(Cc1cc(C)nn1C)c1ccc(C#N)cc1. The fourth-order valence-corrected chi connectivity index (χ4v) is 4.72. The molecule has 2 aromatic heterocycles. The number of esters is 1. The molecule has 156 valence electrons. The van der Waals surface area contributed by atoms with E-state index in [0.717, 1.165) is 27.2 Å². The Balaban J connectivity index is 2.24. The largest absolute Gasteiger partial charge is 0.465 e. The molecule has 0 bridgehead atoms. The number of aryl methyl sites for hydroxylation is 2. The molecule has 0 aliphatic rings. The number of hydrogen-bond donors (Lipinski definition) is 0. The molecular formula is C23H25BrN4O2. The Labute approximate surface area is 185 Å². The molecule has 0 aliphatic heterocycles. The lowest BCUT2D eigenvalue weighted by molar-refractivity contribution is 0.0599. The number of carbonyl (C=O) groups excluding carboxylic acids is 1. The van der Waals surface area contributed by atoms with Gasteiger partial charge < -0.3 is 9.30 Å². The van der Waals surface area contributed by atoms with E-state index in [4.69, 9.17) is 4.74 Å². The minimum Gasteiger partial charge on any atom is -0.465 e. The van der Waals surface area contributed by atoms with E-state index >= 15 is 0 Å². The third-order valence-corrected chi connectivity index (χ3v) is 5.85. The molecule has 30 heavy (non-hydrogen) atoms. The molecule has 0 amide bonds. The molecule has 0 radical (unpaired) electrons. The molecule has 0 aliphatic carbocycles. The first-order valence-electron chi connectivity index (χ1n) is 9.75. The average Bonchev–Trinajstić information content (AvgIpc) is 3.23.